The van der Waals surface area contributed by atoms with Crippen LogP contribution in [0.1, 0.15) is 50.2 Å². The largest absolute Gasteiger partial charge is 0.416 e. The lowest BCUT2D eigenvalue weighted by Gasteiger charge is -2.31. The fraction of sp³-hybridized carbons (Fsp3) is 0.517. The third-order valence-electron chi connectivity index (χ3n) is 8.63. The van der Waals surface area contributed by atoms with Gasteiger partial charge in [0.15, 0.2) is 5.82 Å². The lowest BCUT2D eigenvalue weighted by Crippen LogP contribution is -2.47. The van der Waals surface area contributed by atoms with Gasteiger partial charge in [-0.25, -0.2) is 0 Å². The Hall–Kier alpha value is -3.42. The fourth-order valence-corrected chi connectivity index (χ4v) is 6.98. The van der Waals surface area contributed by atoms with Gasteiger partial charge in [-0.05, 0) is 68.2 Å². The number of allylic oxidation sites excluding steroid dienone is 2. The summed E-state index contributed by atoms with van der Waals surface area (Å²) in [7, 11) is 0. The van der Waals surface area contributed by atoms with Crippen LogP contribution >= 0.6 is 11.6 Å². The molecule has 10 nitrogen and oxygen atoms in total. The van der Waals surface area contributed by atoms with Crippen LogP contribution in [0.4, 0.5) is 24.5 Å². The van der Waals surface area contributed by atoms with Gasteiger partial charge in [-0.2, -0.15) is 22.7 Å². The van der Waals surface area contributed by atoms with E-state index in [0.717, 1.165) is 23.8 Å². The number of carbonyl (C=O) groups is 1. The summed E-state index contributed by atoms with van der Waals surface area (Å²) in [5, 5.41) is 20.8. The minimum atomic E-state index is -4.57. The number of aliphatic hydroxyl groups is 1. The van der Waals surface area contributed by atoms with Gasteiger partial charge in [0.1, 0.15) is 12.2 Å². The van der Waals surface area contributed by atoms with Gasteiger partial charge in [-0.1, -0.05) is 24.6 Å². The topological polar surface area (TPSA) is 117 Å². The van der Waals surface area contributed by atoms with E-state index in [1.807, 2.05) is 18.7 Å². The van der Waals surface area contributed by atoms with Crippen LogP contribution in [0.25, 0.3) is 11.4 Å². The molecule has 3 aromatic rings. The van der Waals surface area contributed by atoms with E-state index in [0.29, 0.717) is 69.1 Å². The highest BCUT2D eigenvalue weighted by Gasteiger charge is 2.44. The van der Waals surface area contributed by atoms with Crippen LogP contribution in [0, 0.1) is 11.8 Å². The summed E-state index contributed by atoms with van der Waals surface area (Å²) in [5.74, 6) is 0.546. The first-order valence-electron chi connectivity index (χ1n) is 14.4. The molecule has 3 heterocycles. The molecule has 0 spiro atoms. The highest BCUT2D eigenvalue weighted by Crippen LogP contribution is 2.49. The molecule has 2 aromatic heterocycles. The Kier molecular flexibility index (Phi) is 7.54. The van der Waals surface area contributed by atoms with Crippen molar-refractivity contribution < 1.29 is 23.1 Å². The Morgan fingerprint density at radius 2 is 2.00 bits per heavy atom. The number of halogens is 4. The van der Waals surface area contributed by atoms with Gasteiger partial charge in [0, 0.05) is 26.2 Å². The van der Waals surface area contributed by atoms with E-state index in [1.54, 1.807) is 4.57 Å². The highest BCUT2D eigenvalue weighted by atomic mass is 35.5. The summed E-state index contributed by atoms with van der Waals surface area (Å²) in [6.07, 6.45) is -0.0417. The highest BCUT2D eigenvalue weighted by molar-refractivity contribution is 6.33. The fourth-order valence-electron chi connectivity index (χ4n) is 6.75. The lowest BCUT2D eigenvalue weighted by atomic mass is 9.98. The van der Waals surface area contributed by atoms with Crippen LogP contribution in [0.5, 0.6) is 0 Å². The summed E-state index contributed by atoms with van der Waals surface area (Å²) in [4.78, 5) is 34.0. The Morgan fingerprint density at radius 1 is 1.26 bits per heavy atom. The number of amides is 1. The standard InChI is InChI=1S/C29H33ClF3N7O3/c1-3-22-24(38-8-6-34-7-9-38)26(42)40-27(36-25(37-40)16-10-17-13-28(2,43)14-18(17)11-16)39(22)15-23(41)35-21-5-4-19(12-20(21)30)29(31,32)33/h4-5,10,12,17-18,34,43H,3,6-9,11,13-15H2,1-2H3,(H,35,41). The maximum atomic E-state index is 13.9. The van der Waals surface area contributed by atoms with E-state index in [2.05, 4.69) is 21.8 Å². The molecule has 2 aliphatic carbocycles. The predicted molar refractivity (Wildman–Crippen MR) is 156 cm³/mol. The number of benzene rings is 1. The van der Waals surface area contributed by atoms with E-state index < -0.39 is 23.2 Å². The van der Waals surface area contributed by atoms with E-state index >= 15 is 0 Å². The van der Waals surface area contributed by atoms with Crippen molar-refractivity contribution in [2.45, 2.75) is 57.9 Å². The van der Waals surface area contributed by atoms with Crippen molar-refractivity contribution in [1.82, 2.24) is 24.5 Å². The normalized spacial score (nSPS) is 24.0. The number of anilines is 2. The molecule has 43 heavy (non-hydrogen) atoms. The number of alkyl halides is 3. The number of rotatable bonds is 6. The maximum Gasteiger partial charge on any atom is 0.416 e. The number of piperazine rings is 1. The first-order chi connectivity index (χ1) is 20.3. The Labute approximate surface area is 250 Å². The third kappa shape index (κ3) is 5.65. The van der Waals surface area contributed by atoms with Crippen molar-refractivity contribution in [3.05, 3.63) is 56.7 Å². The van der Waals surface area contributed by atoms with Gasteiger partial charge in [0.25, 0.3) is 5.56 Å². The summed E-state index contributed by atoms with van der Waals surface area (Å²) >= 11 is 6.09. The van der Waals surface area contributed by atoms with Crippen molar-refractivity contribution in [3.8, 4) is 0 Å². The molecule has 230 valence electrons. The molecule has 0 bridgehead atoms. The van der Waals surface area contributed by atoms with Crippen molar-refractivity contribution in [1.29, 1.82) is 0 Å². The molecule has 1 saturated heterocycles. The molecule has 2 fully saturated rings. The van der Waals surface area contributed by atoms with E-state index in [1.165, 1.54) is 4.52 Å². The summed E-state index contributed by atoms with van der Waals surface area (Å²) < 4.78 is 42.2. The van der Waals surface area contributed by atoms with Crippen LogP contribution in [-0.4, -0.2) is 62.0 Å². The van der Waals surface area contributed by atoms with Gasteiger partial charge in [0.2, 0.25) is 11.7 Å². The SMILES string of the molecule is CCc1c(N2CCNCC2)c(=O)n2nc(C3=CC4CC(C)(O)CC4C3)nc2n1CC(=O)Nc1ccc(C(F)(F)F)cc1Cl. The van der Waals surface area contributed by atoms with Crippen LogP contribution in [0.15, 0.2) is 29.1 Å². The Bertz CT molecular complexity index is 1670. The third-order valence-corrected chi connectivity index (χ3v) is 8.95. The van der Waals surface area contributed by atoms with Gasteiger partial charge >= 0.3 is 6.18 Å². The average Bonchev–Trinajstić information content (AvgIpc) is 3.62. The second-order valence-electron chi connectivity index (χ2n) is 11.9. The zero-order chi connectivity index (χ0) is 30.7. The van der Waals surface area contributed by atoms with Crippen LogP contribution in [-0.2, 0) is 23.9 Å². The van der Waals surface area contributed by atoms with Crippen molar-refractivity contribution in [3.63, 3.8) is 0 Å². The first-order valence-corrected chi connectivity index (χ1v) is 14.8. The zero-order valence-corrected chi connectivity index (χ0v) is 24.6. The number of nitrogens with zero attached hydrogens (tertiary/aromatic N) is 5. The summed E-state index contributed by atoms with van der Waals surface area (Å²) in [5.41, 5.74) is 0.0581. The number of aromatic nitrogens is 4. The minimum absolute atomic E-state index is 0.0396. The quantitative estimate of drug-likeness (QED) is 0.385. The minimum Gasteiger partial charge on any atom is -0.390 e. The second-order valence-corrected chi connectivity index (χ2v) is 12.3. The smallest absolute Gasteiger partial charge is 0.390 e. The van der Waals surface area contributed by atoms with E-state index in [-0.39, 0.29) is 40.4 Å². The van der Waals surface area contributed by atoms with Crippen LogP contribution in [0.3, 0.4) is 0 Å². The summed E-state index contributed by atoms with van der Waals surface area (Å²) in [6, 6.07) is 2.74. The molecule has 6 rings (SSSR count). The molecule has 3 N–H and O–H groups in total. The van der Waals surface area contributed by atoms with Gasteiger partial charge in [0.05, 0.1) is 27.6 Å². The molecule has 3 unspecified atom stereocenters. The van der Waals surface area contributed by atoms with E-state index in [9.17, 15) is 27.9 Å². The molecule has 0 radical (unpaired) electrons. The number of hydrogen-bond acceptors (Lipinski definition) is 7. The molecule has 3 aliphatic rings. The Balaban J connectivity index is 1.39. The zero-order valence-electron chi connectivity index (χ0n) is 23.8. The van der Waals surface area contributed by atoms with Crippen LogP contribution < -0.4 is 21.1 Å². The molecule has 1 aromatic carbocycles. The average molecular weight is 620 g/mol. The number of carbonyl (C=O) groups excluding carboxylic acids is 1. The molecule has 1 saturated carbocycles. The number of hydrogen-bond donors (Lipinski definition) is 3. The van der Waals surface area contributed by atoms with E-state index in [4.69, 9.17) is 16.6 Å². The number of fused-ring (bicyclic) bond motifs is 2. The molecular formula is C29H33ClF3N7O3. The predicted octanol–water partition coefficient (Wildman–Crippen LogP) is 3.74. The van der Waals surface area contributed by atoms with Crippen molar-refractivity contribution in [2.24, 2.45) is 11.8 Å². The molecule has 3 atom stereocenters. The second kappa shape index (κ2) is 10.9. The summed E-state index contributed by atoms with van der Waals surface area (Å²) in [6.45, 7) is 6.04. The first kappa shape index (κ1) is 29.6. The van der Waals surface area contributed by atoms with Crippen molar-refractivity contribution in [2.75, 3.05) is 36.4 Å². The Morgan fingerprint density at radius 3 is 2.65 bits per heavy atom. The monoisotopic (exact) mass is 619 g/mol. The van der Waals surface area contributed by atoms with Crippen molar-refractivity contribution >= 4 is 40.2 Å². The molecular weight excluding hydrogens is 587 g/mol. The number of nitrogens with one attached hydrogen (secondary N) is 2. The molecule has 14 heteroatoms. The van der Waals surface area contributed by atoms with Crippen LogP contribution in [0.2, 0.25) is 5.02 Å². The lowest BCUT2D eigenvalue weighted by molar-refractivity contribution is -0.137. The van der Waals surface area contributed by atoms with Gasteiger partial charge in [-0.15, -0.1) is 5.10 Å². The molecule has 1 amide bonds. The van der Waals surface area contributed by atoms with Gasteiger partial charge < -0.3 is 25.2 Å². The van der Waals surface area contributed by atoms with Gasteiger partial charge in [-0.3, -0.25) is 9.59 Å². The molecule has 1 aliphatic heterocycles. The maximum absolute atomic E-state index is 13.9.